The topological polar surface area (TPSA) is 32.3 Å². The van der Waals surface area contributed by atoms with Crippen molar-refractivity contribution in [1.82, 2.24) is 10.2 Å². The lowest BCUT2D eigenvalue weighted by Gasteiger charge is -2.39. The van der Waals surface area contributed by atoms with Gasteiger partial charge in [0.15, 0.2) is 11.6 Å². The number of nitrogens with one attached hydrogen (secondary N) is 1. The van der Waals surface area contributed by atoms with Crippen molar-refractivity contribution in [2.75, 3.05) is 20.1 Å². The molecule has 3 nitrogen and oxygen atoms in total. The molecule has 1 N–H and O–H groups in total. The van der Waals surface area contributed by atoms with Crippen LogP contribution in [0.3, 0.4) is 0 Å². The molecule has 12 heteroatoms. The van der Waals surface area contributed by atoms with Gasteiger partial charge in [-0.1, -0.05) is 6.07 Å². The Hall–Kier alpha value is -2.40. The van der Waals surface area contributed by atoms with Crippen LogP contribution in [0.2, 0.25) is 0 Å². The smallest absolute Gasteiger partial charge is 0.338 e. The van der Waals surface area contributed by atoms with Crippen LogP contribution in [-0.2, 0) is 12.4 Å². The predicted octanol–water partition coefficient (Wildman–Crippen LogP) is 5.64. The summed E-state index contributed by atoms with van der Waals surface area (Å²) >= 11 is 0. The zero-order chi connectivity index (χ0) is 23.8. The number of benzene rings is 2. The maximum absolute atomic E-state index is 13.7. The maximum Gasteiger partial charge on any atom is 0.416 e. The molecule has 0 spiro atoms. The summed E-state index contributed by atoms with van der Waals surface area (Å²) in [5, 5.41) is 3.04. The lowest BCUT2D eigenvalue weighted by atomic mass is 9.85. The SMILES string of the molecule is CN(C(=O)c1cc(C(F)(F)F)cc(C(F)(F)F)c1)[C@@H]1CCNC[C@H]1c1ccc(F)c(F)c1.Cl. The highest BCUT2D eigenvalue weighted by Crippen LogP contribution is 2.37. The first-order valence-electron chi connectivity index (χ1n) is 9.51. The molecule has 0 radical (unpaired) electrons. The second-order valence-electron chi connectivity index (χ2n) is 7.55. The molecule has 0 unspecified atom stereocenters. The quantitative estimate of drug-likeness (QED) is 0.551. The van der Waals surface area contributed by atoms with Crippen LogP contribution in [0.5, 0.6) is 0 Å². The van der Waals surface area contributed by atoms with Crippen LogP contribution >= 0.6 is 12.4 Å². The van der Waals surface area contributed by atoms with Gasteiger partial charge in [-0.3, -0.25) is 4.79 Å². The number of hydrogen-bond donors (Lipinski definition) is 1. The fourth-order valence-corrected chi connectivity index (χ4v) is 3.82. The van der Waals surface area contributed by atoms with E-state index in [0.29, 0.717) is 30.7 Å². The van der Waals surface area contributed by atoms with E-state index < -0.39 is 58.5 Å². The van der Waals surface area contributed by atoms with Crippen LogP contribution in [0.1, 0.15) is 39.4 Å². The Morgan fingerprint density at radius 2 is 1.52 bits per heavy atom. The Balaban J connectivity index is 0.00000385. The summed E-state index contributed by atoms with van der Waals surface area (Å²) < 4.78 is 106. The van der Waals surface area contributed by atoms with E-state index in [0.717, 1.165) is 17.0 Å². The summed E-state index contributed by atoms with van der Waals surface area (Å²) in [6, 6.07) is 3.24. The van der Waals surface area contributed by atoms with Crippen molar-refractivity contribution in [3.63, 3.8) is 0 Å². The Morgan fingerprint density at radius 3 is 2.03 bits per heavy atom. The molecule has 0 aromatic heterocycles. The van der Waals surface area contributed by atoms with Crippen molar-refractivity contribution in [2.24, 2.45) is 0 Å². The van der Waals surface area contributed by atoms with Crippen LogP contribution in [0.4, 0.5) is 35.1 Å². The lowest BCUT2D eigenvalue weighted by molar-refractivity contribution is -0.143. The van der Waals surface area contributed by atoms with E-state index in [1.54, 1.807) is 0 Å². The van der Waals surface area contributed by atoms with Crippen molar-refractivity contribution in [3.8, 4) is 0 Å². The third kappa shape index (κ3) is 5.94. The first-order valence-corrected chi connectivity index (χ1v) is 9.51. The molecule has 1 heterocycles. The van der Waals surface area contributed by atoms with Gasteiger partial charge in [0.2, 0.25) is 0 Å². The highest BCUT2D eigenvalue weighted by Gasteiger charge is 2.39. The molecule has 1 aliphatic heterocycles. The number of alkyl halides is 6. The molecule has 182 valence electrons. The highest BCUT2D eigenvalue weighted by atomic mass is 35.5. The van der Waals surface area contributed by atoms with Gasteiger partial charge < -0.3 is 10.2 Å². The number of piperidine rings is 1. The number of likely N-dealkylation sites (N-methyl/N-ethyl adjacent to an activating group) is 1. The van der Waals surface area contributed by atoms with Gasteiger partial charge in [0.1, 0.15) is 0 Å². The second kappa shape index (κ2) is 9.84. The summed E-state index contributed by atoms with van der Waals surface area (Å²) in [6.45, 7) is 0.669. The number of amides is 1. The maximum atomic E-state index is 13.7. The van der Waals surface area contributed by atoms with Crippen molar-refractivity contribution in [2.45, 2.75) is 30.7 Å². The first-order chi connectivity index (χ1) is 14.8. The van der Waals surface area contributed by atoms with E-state index in [2.05, 4.69) is 5.32 Å². The van der Waals surface area contributed by atoms with Crippen molar-refractivity contribution in [3.05, 3.63) is 70.3 Å². The molecule has 0 bridgehead atoms. The van der Waals surface area contributed by atoms with E-state index in [1.807, 2.05) is 0 Å². The number of nitrogens with zero attached hydrogens (tertiary/aromatic N) is 1. The van der Waals surface area contributed by atoms with Crippen molar-refractivity contribution in [1.29, 1.82) is 0 Å². The molecule has 2 atom stereocenters. The van der Waals surface area contributed by atoms with Gasteiger partial charge in [0.25, 0.3) is 5.91 Å². The minimum Gasteiger partial charge on any atom is -0.338 e. The molecule has 1 amide bonds. The van der Waals surface area contributed by atoms with Gasteiger partial charge in [0.05, 0.1) is 11.1 Å². The van der Waals surface area contributed by atoms with Gasteiger partial charge >= 0.3 is 12.4 Å². The van der Waals surface area contributed by atoms with Crippen LogP contribution in [0.25, 0.3) is 0 Å². The van der Waals surface area contributed by atoms with E-state index in [4.69, 9.17) is 0 Å². The summed E-state index contributed by atoms with van der Waals surface area (Å²) in [6.07, 6.45) is -9.87. The molecule has 33 heavy (non-hydrogen) atoms. The third-order valence-electron chi connectivity index (χ3n) is 5.47. The molecule has 2 aromatic carbocycles. The number of halogens is 9. The van der Waals surface area contributed by atoms with Gasteiger partial charge in [-0.05, 0) is 48.9 Å². The molecule has 2 aromatic rings. The number of hydrogen-bond acceptors (Lipinski definition) is 2. The second-order valence-corrected chi connectivity index (χ2v) is 7.55. The zero-order valence-corrected chi connectivity index (χ0v) is 17.8. The standard InChI is InChI=1S/C21H18F8N2O.ClH/c1-31(18-4-5-30-10-15(18)11-2-3-16(22)17(23)8-11)19(32)12-6-13(20(24,25)26)9-14(7-12)21(27,28)29;/h2-3,6-9,15,18,30H,4-5,10H2,1H3;1H/t15-,18+;/m0./s1. The fourth-order valence-electron chi connectivity index (χ4n) is 3.82. The van der Waals surface area contributed by atoms with Crippen LogP contribution in [0.15, 0.2) is 36.4 Å². The minimum atomic E-state index is -5.09. The Labute approximate surface area is 190 Å². The first kappa shape index (κ1) is 26.8. The number of rotatable bonds is 3. The molecule has 3 rings (SSSR count). The van der Waals surface area contributed by atoms with Gasteiger partial charge in [-0.15, -0.1) is 12.4 Å². The van der Waals surface area contributed by atoms with Gasteiger partial charge in [0, 0.05) is 31.1 Å². The zero-order valence-electron chi connectivity index (χ0n) is 17.0. The Kier molecular flexibility index (Phi) is 8.01. The van der Waals surface area contributed by atoms with Crippen LogP contribution in [0, 0.1) is 11.6 Å². The van der Waals surface area contributed by atoms with Crippen LogP contribution in [-0.4, -0.2) is 37.0 Å². The predicted molar refractivity (Wildman–Crippen MR) is 106 cm³/mol. The van der Waals surface area contributed by atoms with Gasteiger partial charge in [-0.2, -0.15) is 26.3 Å². The van der Waals surface area contributed by atoms with E-state index >= 15 is 0 Å². The van der Waals surface area contributed by atoms with Gasteiger partial charge in [-0.25, -0.2) is 8.78 Å². The molecule has 1 fully saturated rings. The third-order valence-corrected chi connectivity index (χ3v) is 5.47. The molecular formula is C21H19ClF8N2O. The molecule has 1 saturated heterocycles. The lowest BCUT2D eigenvalue weighted by Crippen LogP contribution is -2.49. The van der Waals surface area contributed by atoms with E-state index in [9.17, 15) is 39.9 Å². The number of carbonyl (C=O) groups excluding carboxylic acids is 1. The van der Waals surface area contributed by atoms with Crippen molar-refractivity contribution < 1.29 is 39.9 Å². The molecule has 1 aliphatic rings. The highest BCUT2D eigenvalue weighted by molar-refractivity contribution is 5.94. The van der Waals surface area contributed by atoms with E-state index in [-0.39, 0.29) is 25.0 Å². The average molecular weight is 503 g/mol. The molecule has 0 saturated carbocycles. The average Bonchev–Trinajstić information content (AvgIpc) is 2.73. The Bertz CT molecular complexity index is 976. The minimum absolute atomic E-state index is 0. The summed E-state index contributed by atoms with van der Waals surface area (Å²) in [4.78, 5) is 14.0. The normalized spacial score (nSPS) is 19.1. The van der Waals surface area contributed by atoms with E-state index in [1.165, 1.54) is 13.1 Å². The largest absolute Gasteiger partial charge is 0.416 e. The number of carbonyl (C=O) groups is 1. The summed E-state index contributed by atoms with van der Waals surface area (Å²) in [7, 11) is 1.26. The molecular weight excluding hydrogens is 484 g/mol. The molecule has 0 aliphatic carbocycles. The summed E-state index contributed by atoms with van der Waals surface area (Å²) in [5.41, 5.74) is -3.60. The van der Waals surface area contributed by atoms with Crippen molar-refractivity contribution >= 4 is 18.3 Å². The monoisotopic (exact) mass is 502 g/mol. The fraction of sp³-hybridized carbons (Fsp3) is 0.381. The van der Waals surface area contributed by atoms with Crippen LogP contribution < -0.4 is 5.32 Å². The Morgan fingerprint density at radius 1 is 0.939 bits per heavy atom. The summed E-state index contributed by atoms with van der Waals surface area (Å²) in [5.74, 6) is -3.77.